The van der Waals surface area contributed by atoms with Crippen LogP contribution in [-0.2, 0) is 4.74 Å². The van der Waals surface area contributed by atoms with Crippen LogP contribution in [0.4, 0.5) is 5.69 Å². The lowest BCUT2D eigenvalue weighted by Gasteiger charge is -2.14. The fraction of sp³-hybridized carbons (Fsp3) is 0.417. The molecule has 1 unspecified atom stereocenters. The summed E-state index contributed by atoms with van der Waals surface area (Å²) in [6, 6.07) is 5.60. The molecule has 0 aromatic heterocycles. The Morgan fingerprint density at radius 3 is 2.89 bits per heavy atom. The van der Waals surface area contributed by atoms with Crippen molar-refractivity contribution in [3.8, 4) is 0 Å². The third-order valence-electron chi connectivity index (χ3n) is 2.35. The molecule has 0 saturated carbocycles. The third kappa shape index (κ3) is 4.52. The minimum absolute atomic E-state index is 0.00744. The Bertz CT molecular complexity index is 423. The van der Waals surface area contributed by atoms with Gasteiger partial charge in [0.25, 0.3) is 0 Å². The predicted molar refractivity (Wildman–Crippen MR) is 75.9 cm³/mol. The Balaban J connectivity index is 2.82. The number of hydrogen-bond donors (Lipinski definition) is 3. The maximum absolute atomic E-state index is 5.95. The number of guanidine groups is 1. The molecule has 0 aliphatic heterocycles. The zero-order valence-electron chi connectivity index (χ0n) is 10.8. The average molecular weight is 271 g/mol. The Kier molecular flexibility index (Phi) is 5.91. The molecule has 1 rings (SSSR count). The van der Waals surface area contributed by atoms with E-state index in [-0.39, 0.29) is 6.04 Å². The van der Waals surface area contributed by atoms with Crippen LogP contribution in [0.5, 0.6) is 0 Å². The maximum atomic E-state index is 5.95. The number of nitrogens with zero attached hydrogens (tertiary/aromatic N) is 1. The number of halogens is 1. The molecular formula is C12H19ClN4O. The summed E-state index contributed by atoms with van der Waals surface area (Å²) < 4.78 is 5.02. The molecule has 0 radical (unpaired) electrons. The minimum atomic E-state index is 0.00744. The van der Waals surface area contributed by atoms with Crippen LogP contribution in [0.15, 0.2) is 23.2 Å². The molecule has 0 saturated heterocycles. The molecule has 5 nitrogen and oxygen atoms in total. The van der Waals surface area contributed by atoms with Crippen LogP contribution in [0, 0.1) is 6.92 Å². The quantitative estimate of drug-likeness (QED) is 0.338. The molecule has 0 aliphatic rings. The predicted octanol–water partition coefficient (Wildman–Crippen LogP) is 1.91. The first-order chi connectivity index (χ1) is 8.56. The second-order valence-corrected chi connectivity index (χ2v) is 4.45. The molecule has 0 heterocycles. The first-order valence-corrected chi connectivity index (χ1v) is 6.01. The van der Waals surface area contributed by atoms with E-state index in [0.29, 0.717) is 17.6 Å². The van der Waals surface area contributed by atoms with Gasteiger partial charge in [-0.15, -0.1) is 0 Å². The summed E-state index contributed by atoms with van der Waals surface area (Å²) in [5, 5.41) is 3.76. The maximum Gasteiger partial charge on any atom is 0.210 e. The Labute approximate surface area is 112 Å². The van der Waals surface area contributed by atoms with Gasteiger partial charge in [0.2, 0.25) is 5.96 Å². The van der Waals surface area contributed by atoms with Gasteiger partial charge in [-0.25, -0.2) is 10.8 Å². The number of rotatable bonds is 4. The van der Waals surface area contributed by atoms with Crippen LogP contribution in [-0.4, -0.2) is 25.7 Å². The van der Waals surface area contributed by atoms with Gasteiger partial charge in [0, 0.05) is 17.8 Å². The molecule has 1 aromatic rings. The Hall–Kier alpha value is -1.30. The van der Waals surface area contributed by atoms with Gasteiger partial charge in [0.1, 0.15) is 0 Å². The summed E-state index contributed by atoms with van der Waals surface area (Å²) in [4.78, 5) is 4.35. The highest BCUT2D eigenvalue weighted by molar-refractivity contribution is 6.31. The van der Waals surface area contributed by atoms with E-state index >= 15 is 0 Å². The van der Waals surface area contributed by atoms with Gasteiger partial charge < -0.3 is 10.1 Å². The smallest absolute Gasteiger partial charge is 0.210 e. The molecular weight excluding hydrogens is 252 g/mol. The molecule has 1 atom stereocenters. The van der Waals surface area contributed by atoms with Crippen molar-refractivity contribution in [3.05, 3.63) is 28.8 Å². The summed E-state index contributed by atoms with van der Waals surface area (Å²) in [5.74, 6) is 5.91. The van der Waals surface area contributed by atoms with Crippen LogP contribution in [0.1, 0.15) is 12.5 Å². The van der Waals surface area contributed by atoms with Crippen molar-refractivity contribution >= 4 is 23.2 Å². The molecule has 0 spiro atoms. The molecule has 18 heavy (non-hydrogen) atoms. The SMILES string of the molecule is COCC(C)N=C(NN)Nc1cc(Cl)ccc1C. The lowest BCUT2D eigenvalue weighted by atomic mass is 10.2. The number of hydrazine groups is 1. The average Bonchev–Trinajstić information content (AvgIpc) is 2.33. The fourth-order valence-electron chi connectivity index (χ4n) is 1.46. The van der Waals surface area contributed by atoms with E-state index in [1.807, 2.05) is 32.0 Å². The molecule has 0 bridgehead atoms. The van der Waals surface area contributed by atoms with Gasteiger partial charge >= 0.3 is 0 Å². The van der Waals surface area contributed by atoms with Crippen molar-refractivity contribution in [1.29, 1.82) is 0 Å². The van der Waals surface area contributed by atoms with Gasteiger partial charge in [-0.1, -0.05) is 17.7 Å². The monoisotopic (exact) mass is 270 g/mol. The van der Waals surface area contributed by atoms with E-state index in [4.69, 9.17) is 22.2 Å². The van der Waals surface area contributed by atoms with Crippen molar-refractivity contribution in [3.63, 3.8) is 0 Å². The molecule has 6 heteroatoms. The van der Waals surface area contributed by atoms with Crippen LogP contribution >= 0.6 is 11.6 Å². The van der Waals surface area contributed by atoms with E-state index in [1.165, 1.54) is 0 Å². The van der Waals surface area contributed by atoms with Gasteiger partial charge in [0.05, 0.1) is 12.6 Å². The Morgan fingerprint density at radius 2 is 2.28 bits per heavy atom. The normalized spacial score (nSPS) is 13.3. The Morgan fingerprint density at radius 1 is 1.56 bits per heavy atom. The van der Waals surface area contributed by atoms with Gasteiger partial charge in [-0.2, -0.15) is 0 Å². The van der Waals surface area contributed by atoms with Gasteiger partial charge in [-0.3, -0.25) is 5.43 Å². The molecule has 0 amide bonds. The second-order valence-electron chi connectivity index (χ2n) is 4.01. The van der Waals surface area contributed by atoms with E-state index in [0.717, 1.165) is 11.3 Å². The third-order valence-corrected chi connectivity index (χ3v) is 2.58. The lowest BCUT2D eigenvalue weighted by molar-refractivity contribution is 0.185. The number of anilines is 1. The van der Waals surface area contributed by atoms with Crippen molar-refractivity contribution in [2.75, 3.05) is 19.0 Å². The van der Waals surface area contributed by atoms with Crippen LogP contribution in [0.2, 0.25) is 5.02 Å². The highest BCUT2D eigenvalue weighted by atomic mass is 35.5. The zero-order chi connectivity index (χ0) is 13.5. The van der Waals surface area contributed by atoms with Crippen LogP contribution < -0.4 is 16.6 Å². The molecule has 100 valence electrons. The highest BCUT2D eigenvalue weighted by Crippen LogP contribution is 2.19. The standard InChI is InChI=1S/C12H19ClN4O/c1-8-4-5-10(13)6-11(8)16-12(17-14)15-9(2)7-18-3/h4-6,9H,7,14H2,1-3H3,(H2,15,16,17). The number of nitrogens with one attached hydrogen (secondary N) is 2. The molecule has 0 aliphatic carbocycles. The zero-order valence-corrected chi connectivity index (χ0v) is 11.6. The number of ether oxygens (including phenoxy) is 1. The first kappa shape index (κ1) is 14.8. The van der Waals surface area contributed by atoms with Crippen molar-refractivity contribution in [1.82, 2.24) is 5.43 Å². The second kappa shape index (κ2) is 7.20. The number of nitrogens with two attached hydrogens (primary N) is 1. The first-order valence-electron chi connectivity index (χ1n) is 5.63. The number of methoxy groups -OCH3 is 1. The summed E-state index contributed by atoms with van der Waals surface area (Å²) in [5.41, 5.74) is 4.45. The number of benzene rings is 1. The molecule has 0 fully saturated rings. The van der Waals surface area contributed by atoms with E-state index in [9.17, 15) is 0 Å². The number of aliphatic imine (C=N–C) groups is 1. The number of hydrogen-bond acceptors (Lipinski definition) is 3. The van der Waals surface area contributed by atoms with E-state index in [2.05, 4.69) is 15.7 Å². The van der Waals surface area contributed by atoms with E-state index < -0.39 is 0 Å². The van der Waals surface area contributed by atoms with Crippen LogP contribution in [0.25, 0.3) is 0 Å². The highest BCUT2D eigenvalue weighted by Gasteiger charge is 2.05. The van der Waals surface area contributed by atoms with Gasteiger partial charge in [0.15, 0.2) is 0 Å². The minimum Gasteiger partial charge on any atom is -0.382 e. The number of aryl methyl sites for hydroxylation is 1. The topological polar surface area (TPSA) is 71.7 Å². The summed E-state index contributed by atoms with van der Waals surface area (Å²) in [7, 11) is 1.64. The largest absolute Gasteiger partial charge is 0.382 e. The fourth-order valence-corrected chi connectivity index (χ4v) is 1.63. The van der Waals surface area contributed by atoms with Crippen LogP contribution in [0.3, 0.4) is 0 Å². The summed E-state index contributed by atoms with van der Waals surface area (Å²) in [6.45, 7) is 4.44. The molecule has 4 N–H and O–H groups in total. The summed E-state index contributed by atoms with van der Waals surface area (Å²) >= 11 is 5.95. The summed E-state index contributed by atoms with van der Waals surface area (Å²) in [6.07, 6.45) is 0. The van der Waals surface area contributed by atoms with Crippen molar-refractivity contribution in [2.45, 2.75) is 19.9 Å². The van der Waals surface area contributed by atoms with Crippen molar-refractivity contribution < 1.29 is 4.74 Å². The molecule has 1 aromatic carbocycles. The lowest BCUT2D eigenvalue weighted by Crippen LogP contribution is -2.37. The van der Waals surface area contributed by atoms with Gasteiger partial charge in [-0.05, 0) is 31.5 Å². The van der Waals surface area contributed by atoms with E-state index in [1.54, 1.807) is 7.11 Å². The van der Waals surface area contributed by atoms with Crippen molar-refractivity contribution in [2.24, 2.45) is 10.8 Å².